The number of halogens is 1. The molecule has 0 radical (unpaired) electrons. The second kappa shape index (κ2) is 4.26. The van der Waals surface area contributed by atoms with E-state index in [2.05, 4.69) is 51.2 Å². The summed E-state index contributed by atoms with van der Waals surface area (Å²) in [7, 11) is 0. The van der Waals surface area contributed by atoms with Gasteiger partial charge in [-0.25, -0.2) is 0 Å². The Morgan fingerprint density at radius 3 is 2.81 bits per heavy atom. The molecule has 1 fully saturated rings. The fourth-order valence-electron chi connectivity index (χ4n) is 2.73. The molecular weight excluding hydrogens is 282 g/mol. The minimum atomic E-state index is 0.485. The summed E-state index contributed by atoms with van der Waals surface area (Å²) in [6.45, 7) is 1.14. The van der Waals surface area contributed by atoms with E-state index >= 15 is 0 Å². The number of anilines is 1. The first-order valence-corrected chi connectivity index (χ1v) is 7.61. The normalized spacial score (nSPS) is 22.6. The lowest BCUT2D eigenvalue weighted by atomic mass is 9.88. The first kappa shape index (κ1) is 11.0. The molecule has 0 saturated heterocycles. The molecule has 0 aromatic heterocycles. The van der Waals surface area contributed by atoms with Gasteiger partial charge in [0.15, 0.2) is 0 Å². The Labute approximate surface area is 110 Å². The van der Waals surface area contributed by atoms with Gasteiger partial charge in [0.2, 0.25) is 0 Å². The van der Waals surface area contributed by atoms with E-state index in [9.17, 15) is 0 Å². The molecule has 1 heterocycles. The van der Waals surface area contributed by atoms with Crippen LogP contribution in [0.3, 0.4) is 0 Å². The molecule has 1 aliphatic carbocycles. The van der Waals surface area contributed by atoms with Crippen LogP contribution >= 0.6 is 27.7 Å². The third kappa shape index (κ3) is 2.00. The van der Waals surface area contributed by atoms with E-state index in [0.29, 0.717) is 4.75 Å². The van der Waals surface area contributed by atoms with Crippen LogP contribution in [-0.2, 0) is 0 Å². The molecule has 1 aromatic rings. The van der Waals surface area contributed by atoms with E-state index in [-0.39, 0.29) is 0 Å². The van der Waals surface area contributed by atoms with Gasteiger partial charge in [-0.3, -0.25) is 0 Å². The first-order valence-electron chi connectivity index (χ1n) is 6.00. The van der Waals surface area contributed by atoms with Gasteiger partial charge in [0.25, 0.3) is 0 Å². The fourth-order valence-corrected chi connectivity index (χ4v) is 4.57. The summed E-state index contributed by atoms with van der Waals surface area (Å²) < 4.78 is 1.65. The van der Waals surface area contributed by atoms with Gasteiger partial charge < -0.3 is 5.32 Å². The van der Waals surface area contributed by atoms with Crippen molar-refractivity contribution in [3.63, 3.8) is 0 Å². The maximum Gasteiger partial charge on any atom is 0.0490 e. The molecule has 0 atom stereocenters. The van der Waals surface area contributed by atoms with Crippen LogP contribution in [0, 0.1) is 0 Å². The minimum Gasteiger partial charge on any atom is -0.383 e. The molecular formula is C13H16BrNS. The topological polar surface area (TPSA) is 12.0 Å². The number of nitrogens with one attached hydrogen (secondary N) is 1. The summed E-state index contributed by atoms with van der Waals surface area (Å²) in [5.74, 6) is 0. The van der Waals surface area contributed by atoms with Crippen molar-refractivity contribution >= 4 is 33.4 Å². The molecule has 1 aromatic carbocycles. The molecule has 3 heteroatoms. The average Bonchev–Trinajstić information content (AvgIpc) is 2.31. The van der Waals surface area contributed by atoms with Gasteiger partial charge in [-0.2, -0.15) is 0 Å². The summed E-state index contributed by atoms with van der Waals surface area (Å²) in [5, 5.41) is 3.61. The Morgan fingerprint density at radius 2 is 2.00 bits per heavy atom. The van der Waals surface area contributed by atoms with Crippen molar-refractivity contribution in [2.24, 2.45) is 0 Å². The Kier molecular flexibility index (Phi) is 2.92. The van der Waals surface area contributed by atoms with E-state index in [1.807, 2.05) is 0 Å². The third-order valence-corrected chi connectivity index (χ3v) is 5.69. The van der Waals surface area contributed by atoms with E-state index in [4.69, 9.17) is 0 Å². The maximum absolute atomic E-state index is 3.61. The Balaban J connectivity index is 1.88. The second-order valence-electron chi connectivity index (χ2n) is 4.84. The molecule has 1 aliphatic heterocycles. The zero-order valence-corrected chi connectivity index (χ0v) is 11.7. The molecule has 0 unspecified atom stereocenters. The van der Waals surface area contributed by atoms with Crippen molar-refractivity contribution in [2.45, 2.75) is 41.7 Å². The van der Waals surface area contributed by atoms with Crippen molar-refractivity contribution in [1.82, 2.24) is 0 Å². The van der Waals surface area contributed by atoms with Crippen molar-refractivity contribution in [1.29, 1.82) is 0 Å². The van der Waals surface area contributed by atoms with Gasteiger partial charge in [0.05, 0.1) is 0 Å². The van der Waals surface area contributed by atoms with Crippen LogP contribution in [0.4, 0.5) is 5.69 Å². The van der Waals surface area contributed by atoms with Gasteiger partial charge in [-0.1, -0.05) is 35.2 Å². The summed E-state index contributed by atoms with van der Waals surface area (Å²) in [4.78, 5) is 1.43. The van der Waals surface area contributed by atoms with Gasteiger partial charge in [-0.05, 0) is 31.0 Å². The standard InChI is InChI=1S/C13H16BrNS/c14-10-4-5-12-11(8-10)15-9-13(16-12)6-2-1-3-7-13/h4-5,8,15H,1-3,6-7,9H2. The zero-order chi connectivity index (χ0) is 11.0. The van der Waals surface area contributed by atoms with E-state index in [1.165, 1.54) is 47.2 Å². The smallest absolute Gasteiger partial charge is 0.0490 e. The van der Waals surface area contributed by atoms with Gasteiger partial charge in [0.1, 0.15) is 0 Å². The molecule has 0 bridgehead atoms. The fraction of sp³-hybridized carbons (Fsp3) is 0.538. The molecule has 16 heavy (non-hydrogen) atoms. The average molecular weight is 298 g/mol. The molecule has 1 N–H and O–H groups in total. The second-order valence-corrected chi connectivity index (χ2v) is 7.27. The van der Waals surface area contributed by atoms with Crippen LogP contribution in [0.2, 0.25) is 0 Å². The lowest BCUT2D eigenvalue weighted by molar-refractivity contribution is 0.408. The summed E-state index contributed by atoms with van der Waals surface area (Å²) >= 11 is 5.63. The van der Waals surface area contributed by atoms with Crippen LogP contribution in [0.25, 0.3) is 0 Å². The monoisotopic (exact) mass is 297 g/mol. The van der Waals surface area contributed by atoms with Gasteiger partial charge in [0, 0.05) is 26.3 Å². The first-order chi connectivity index (χ1) is 7.77. The van der Waals surface area contributed by atoms with E-state index in [0.717, 1.165) is 6.54 Å². The van der Waals surface area contributed by atoms with E-state index in [1.54, 1.807) is 0 Å². The molecule has 1 saturated carbocycles. The molecule has 3 rings (SSSR count). The third-order valence-electron chi connectivity index (χ3n) is 3.63. The van der Waals surface area contributed by atoms with Crippen molar-refractivity contribution in [2.75, 3.05) is 11.9 Å². The van der Waals surface area contributed by atoms with Crippen LogP contribution < -0.4 is 5.32 Å². The van der Waals surface area contributed by atoms with Gasteiger partial charge >= 0.3 is 0 Å². The number of benzene rings is 1. The Bertz CT molecular complexity index is 399. The van der Waals surface area contributed by atoms with Crippen LogP contribution in [-0.4, -0.2) is 11.3 Å². The van der Waals surface area contributed by atoms with Crippen LogP contribution in [0.1, 0.15) is 32.1 Å². The molecule has 1 spiro atoms. The molecule has 86 valence electrons. The van der Waals surface area contributed by atoms with Crippen molar-refractivity contribution in [3.05, 3.63) is 22.7 Å². The number of hydrogen-bond donors (Lipinski definition) is 1. The van der Waals surface area contributed by atoms with E-state index < -0.39 is 0 Å². The lowest BCUT2D eigenvalue weighted by Crippen LogP contribution is -2.38. The van der Waals surface area contributed by atoms with Crippen LogP contribution in [0.5, 0.6) is 0 Å². The molecule has 0 amide bonds. The summed E-state index contributed by atoms with van der Waals surface area (Å²) in [5.41, 5.74) is 1.30. The lowest BCUT2D eigenvalue weighted by Gasteiger charge is -2.41. The molecule has 1 nitrogen and oxygen atoms in total. The number of rotatable bonds is 0. The highest BCUT2D eigenvalue weighted by Gasteiger charge is 2.36. The Hall–Kier alpha value is -0.150. The van der Waals surface area contributed by atoms with Crippen LogP contribution in [0.15, 0.2) is 27.6 Å². The number of hydrogen-bond acceptors (Lipinski definition) is 2. The predicted molar refractivity (Wildman–Crippen MR) is 74.3 cm³/mol. The predicted octanol–water partition coefficient (Wildman–Crippen LogP) is 4.67. The SMILES string of the molecule is Brc1ccc2c(c1)NCC1(CCCCC1)S2. The van der Waals surface area contributed by atoms with Crippen molar-refractivity contribution < 1.29 is 0 Å². The Morgan fingerprint density at radius 1 is 1.19 bits per heavy atom. The quantitative estimate of drug-likeness (QED) is 0.747. The van der Waals surface area contributed by atoms with Gasteiger partial charge in [-0.15, -0.1) is 11.8 Å². The van der Waals surface area contributed by atoms with Crippen molar-refractivity contribution in [3.8, 4) is 0 Å². The molecule has 2 aliphatic rings. The number of thioether (sulfide) groups is 1. The highest BCUT2D eigenvalue weighted by molar-refractivity contribution is 9.10. The number of fused-ring (bicyclic) bond motifs is 1. The summed E-state index contributed by atoms with van der Waals surface area (Å²) in [6.07, 6.45) is 6.98. The minimum absolute atomic E-state index is 0.485. The maximum atomic E-state index is 3.61. The summed E-state index contributed by atoms with van der Waals surface area (Å²) in [6, 6.07) is 6.58. The highest BCUT2D eigenvalue weighted by Crippen LogP contribution is 2.49. The zero-order valence-electron chi connectivity index (χ0n) is 9.26. The highest BCUT2D eigenvalue weighted by atomic mass is 79.9. The largest absolute Gasteiger partial charge is 0.383 e.